The average molecular weight is 622 g/mol. The van der Waals surface area contributed by atoms with Gasteiger partial charge in [0.05, 0.1) is 25.3 Å². The van der Waals surface area contributed by atoms with Crippen LogP contribution in [0.1, 0.15) is 40.8 Å². The summed E-state index contributed by atoms with van der Waals surface area (Å²) in [4.78, 5) is 28.6. The molecule has 1 atom stereocenters. The van der Waals surface area contributed by atoms with Crippen LogP contribution in [0.2, 0.25) is 5.02 Å². The van der Waals surface area contributed by atoms with Crippen molar-refractivity contribution in [2.75, 3.05) is 18.6 Å². The number of methoxy groups -OCH3 is 1. The minimum atomic E-state index is -0.975. The second-order valence-electron chi connectivity index (χ2n) is 9.60. The topological polar surface area (TPSA) is 102 Å². The number of rotatable bonds is 9. The first-order valence-corrected chi connectivity index (χ1v) is 15.3. The first-order chi connectivity index (χ1) is 20.2. The second-order valence-corrected chi connectivity index (χ2v) is 12.2. The number of nitrogens with zero attached hydrogens (tertiary/aromatic N) is 3. The van der Waals surface area contributed by atoms with Crippen LogP contribution in [0.25, 0.3) is 5.76 Å². The number of carbonyl (C=O) groups excluding carboxylic acids is 2. The van der Waals surface area contributed by atoms with Gasteiger partial charge in [-0.3, -0.25) is 14.5 Å². The average Bonchev–Trinajstić information content (AvgIpc) is 3.56. The normalized spacial score (nSPS) is 16.2. The predicted molar refractivity (Wildman–Crippen MR) is 166 cm³/mol. The molecule has 0 bridgehead atoms. The van der Waals surface area contributed by atoms with Crippen molar-refractivity contribution in [2.24, 2.45) is 0 Å². The summed E-state index contributed by atoms with van der Waals surface area (Å²) in [6, 6.07) is 17.3. The number of aliphatic hydroxyl groups is 1. The lowest BCUT2D eigenvalue weighted by atomic mass is 9.93. The summed E-state index contributed by atoms with van der Waals surface area (Å²) in [6.45, 7) is 6.04. The molecule has 8 nitrogen and oxygen atoms in total. The Bertz CT molecular complexity index is 1690. The third kappa shape index (κ3) is 5.88. The number of carbonyl (C=O) groups is 2. The van der Waals surface area contributed by atoms with Crippen LogP contribution in [-0.2, 0) is 15.3 Å². The van der Waals surface area contributed by atoms with Gasteiger partial charge < -0.3 is 14.6 Å². The van der Waals surface area contributed by atoms with Crippen LogP contribution in [-0.4, -0.2) is 40.7 Å². The zero-order valence-electron chi connectivity index (χ0n) is 23.4. The molecule has 11 heteroatoms. The number of Topliss-reactive ketones (excluding diaryl/α,β-unsaturated/α-hetero) is 1. The van der Waals surface area contributed by atoms with Gasteiger partial charge in [0.2, 0.25) is 5.13 Å². The highest BCUT2D eigenvalue weighted by atomic mass is 35.5. The first-order valence-electron chi connectivity index (χ1n) is 13.1. The molecular formula is C31H28ClN3O5S2. The number of ketones is 1. The number of benzene rings is 3. The molecule has 2 heterocycles. The number of thioether (sulfide) groups is 1. The molecule has 0 aliphatic carbocycles. The Kier molecular flexibility index (Phi) is 8.86. The van der Waals surface area contributed by atoms with Gasteiger partial charge >= 0.3 is 5.91 Å². The molecule has 1 fully saturated rings. The second kappa shape index (κ2) is 12.6. The monoisotopic (exact) mass is 621 g/mol. The van der Waals surface area contributed by atoms with Gasteiger partial charge in [0.15, 0.2) is 15.8 Å². The van der Waals surface area contributed by atoms with Crippen LogP contribution >= 0.6 is 34.7 Å². The number of ether oxygens (including phenoxy) is 2. The Balaban J connectivity index is 1.60. The highest BCUT2D eigenvalue weighted by Crippen LogP contribution is 2.46. The number of amides is 1. The smallest absolute Gasteiger partial charge is 0.301 e. The van der Waals surface area contributed by atoms with Crippen LogP contribution in [0.4, 0.5) is 5.13 Å². The van der Waals surface area contributed by atoms with Gasteiger partial charge in [-0.15, -0.1) is 10.2 Å². The van der Waals surface area contributed by atoms with Crippen molar-refractivity contribution in [1.82, 2.24) is 10.2 Å². The summed E-state index contributed by atoms with van der Waals surface area (Å²) in [5.74, 6) is -0.287. The van der Waals surface area contributed by atoms with Gasteiger partial charge in [-0.05, 0) is 67.8 Å². The van der Waals surface area contributed by atoms with E-state index >= 15 is 0 Å². The fraction of sp³-hybridized carbons (Fsp3) is 0.226. The Morgan fingerprint density at radius 3 is 2.52 bits per heavy atom. The summed E-state index contributed by atoms with van der Waals surface area (Å²) in [5.41, 5.74) is 3.72. The van der Waals surface area contributed by atoms with Gasteiger partial charge in [-0.1, -0.05) is 70.6 Å². The summed E-state index contributed by atoms with van der Waals surface area (Å²) >= 11 is 8.66. The zero-order valence-corrected chi connectivity index (χ0v) is 25.8. The lowest BCUT2D eigenvalue weighted by Crippen LogP contribution is -2.29. The summed E-state index contributed by atoms with van der Waals surface area (Å²) in [5, 5.41) is 21.1. The third-order valence-electron chi connectivity index (χ3n) is 6.77. The Labute approximate surface area is 257 Å². The quantitative estimate of drug-likeness (QED) is 0.0692. The van der Waals surface area contributed by atoms with E-state index in [9.17, 15) is 14.7 Å². The maximum absolute atomic E-state index is 13.6. The number of aliphatic hydroxyl groups excluding tert-OH is 1. The molecule has 4 aromatic rings. The number of anilines is 1. The van der Waals surface area contributed by atoms with Gasteiger partial charge in [-0.2, -0.15) is 0 Å². The van der Waals surface area contributed by atoms with E-state index in [2.05, 4.69) is 10.2 Å². The number of hydrogen-bond acceptors (Lipinski definition) is 9. The summed E-state index contributed by atoms with van der Waals surface area (Å²) in [7, 11) is 1.52. The van der Waals surface area contributed by atoms with Crippen molar-refractivity contribution in [1.29, 1.82) is 0 Å². The molecule has 1 unspecified atom stereocenters. The van der Waals surface area contributed by atoms with Crippen molar-refractivity contribution in [3.05, 3.63) is 99.1 Å². The van der Waals surface area contributed by atoms with Crippen LogP contribution in [0.5, 0.6) is 11.5 Å². The molecule has 42 heavy (non-hydrogen) atoms. The van der Waals surface area contributed by atoms with Gasteiger partial charge in [0.1, 0.15) is 5.76 Å². The number of aromatic nitrogens is 2. The first kappa shape index (κ1) is 29.6. The molecule has 0 saturated carbocycles. The van der Waals surface area contributed by atoms with Crippen LogP contribution in [0.3, 0.4) is 0 Å². The summed E-state index contributed by atoms with van der Waals surface area (Å²) < 4.78 is 11.9. The fourth-order valence-electron chi connectivity index (χ4n) is 4.69. The lowest BCUT2D eigenvalue weighted by molar-refractivity contribution is -0.132. The number of aryl methyl sites for hydroxylation is 2. The van der Waals surface area contributed by atoms with Crippen molar-refractivity contribution in [3.63, 3.8) is 0 Å². The van der Waals surface area contributed by atoms with Crippen molar-refractivity contribution in [3.8, 4) is 11.5 Å². The molecule has 1 aliphatic rings. The molecule has 1 saturated heterocycles. The van der Waals surface area contributed by atoms with Crippen molar-refractivity contribution >= 4 is 57.3 Å². The van der Waals surface area contributed by atoms with E-state index in [1.807, 2.05) is 57.2 Å². The maximum atomic E-state index is 13.6. The Morgan fingerprint density at radius 2 is 1.81 bits per heavy atom. The lowest BCUT2D eigenvalue weighted by Gasteiger charge is -2.23. The third-order valence-corrected chi connectivity index (χ3v) is 9.15. The van der Waals surface area contributed by atoms with E-state index in [4.69, 9.17) is 21.1 Å². The van der Waals surface area contributed by atoms with Crippen LogP contribution in [0, 0.1) is 13.8 Å². The van der Waals surface area contributed by atoms with Crippen molar-refractivity contribution in [2.45, 2.75) is 36.9 Å². The fourth-order valence-corrected chi connectivity index (χ4v) is 6.64. The van der Waals surface area contributed by atoms with E-state index in [1.165, 1.54) is 35.1 Å². The van der Waals surface area contributed by atoms with E-state index in [0.717, 1.165) is 16.7 Å². The molecule has 1 aliphatic heterocycles. The molecule has 216 valence electrons. The molecular weight excluding hydrogens is 594 g/mol. The van der Waals surface area contributed by atoms with Gasteiger partial charge in [0.25, 0.3) is 5.78 Å². The molecule has 1 N–H and O–H groups in total. The predicted octanol–water partition coefficient (Wildman–Crippen LogP) is 7.13. The molecule has 1 aromatic heterocycles. The van der Waals surface area contributed by atoms with E-state index < -0.39 is 17.7 Å². The minimum absolute atomic E-state index is 0.0366. The highest BCUT2D eigenvalue weighted by Gasteiger charge is 2.48. The largest absolute Gasteiger partial charge is 0.507 e. The standard InChI is InChI=1S/C31H28ClN3O5S2/c1-5-40-23-13-10-20(15-24(23)39-4)26-25(27(36)22-14-17(2)6-7-18(22)3)28(37)29(38)35(26)30-33-34-31(42-30)41-16-19-8-11-21(32)12-9-19/h6-15,26,36H,5,16H2,1-4H3/b27-25+. The minimum Gasteiger partial charge on any atom is -0.507 e. The highest BCUT2D eigenvalue weighted by molar-refractivity contribution is 8.00. The SMILES string of the molecule is CCOc1ccc(C2/C(=C(\O)c3cc(C)ccc3C)C(=O)C(=O)N2c2nnc(SCc3ccc(Cl)cc3)s2)cc1OC. The van der Waals surface area contributed by atoms with Crippen LogP contribution in [0.15, 0.2) is 70.6 Å². The Hall–Kier alpha value is -3.86. The molecule has 0 radical (unpaired) electrons. The van der Waals surface area contributed by atoms with Gasteiger partial charge in [0, 0.05) is 16.3 Å². The van der Waals surface area contributed by atoms with E-state index in [0.29, 0.717) is 44.3 Å². The summed E-state index contributed by atoms with van der Waals surface area (Å²) in [6.07, 6.45) is 0. The molecule has 1 amide bonds. The van der Waals surface area contributed by atoms with Crippen LogP contribution < -0.4 is 14.4 Å². The van der Waals surface area contributed by atoms with E-state index in [1.54, 1.807) is 24.3 Å². The zero-order chi connectivity index (χ0) is 30.0. The Morgan fingerprint density at radius 1 is 1.05 bits per heavy atom. The maximum Gasteiger partial charge on any atom is 0.301 e. The number of hydrogen-bond donors (Lipinski definition) is 1. The molecule has 5 rings (SSSR count). The van der Waals surface area contributed by atoms with Gasteiger partial charge in [-0.25, -0.2) is 0 Å². The van der Waals surface area contributed by atoms with E-state index in [-0.39, 0.29) is 16.5 Å². The number of halogens is 1. The molecule has 0 spiro atoms. The molecule has 3 aromatic carbocycles. The van der Waals surface area contributed by atoms with Crippen molar-refractivity contribution < 1.29 is 24.2 Å².